The lowest BCUT2D eigenvalue weighted by Gasteiger charge is -2.51. The topological polar surface area (TPSA) is 43.4 Å². The molecule has 4 nitrogen and oxygen atoms in total. The number of hydroxylamine groups is 1. The molecule has 1 aromatic heterocycles. The summed E-state index contributed by atoms with van der Waals surface area (Å²) in [5, 5.41) is 3.10. The Morgan fingerprint density at radius 2 is 2.39 bits per heavy atom. The van der Waals surface area contributed by atoms with Crippen LogP contribution >= 0.6 is 27.3 Å². The lowest BCUT2D eigenvalue weighted by atomic mass is 9.68. The Labute approximate surface area is 118 Å². The van der Waals surface area contributed by atoms with Crippen molar-refractivity contribution in [2.45, 2.75) is 36.8 Å². The highest BCUT2D eigenvalue weighted by molar-refractivity contribution is 9.10. The molecule has 1 N–H and O–H groups in total. The van der Waals surface area contributed by atoms with E-state index < -0.39 is 0 Å². The molecule has 1 spiro atoms. The summed E-state index contributed by atoms with van der Waals surface area (Å²) in [6, 6.07) is 0. The second kappa shape index (κ2) is 3.99. The van der Waals surface area contributed by atoms with Crippen LogP contribution in [0.5, 0.6) is 0 Å². The van der Waals surface area contributed by atoms with Gasteiger partial charge in [-0.25, -0.2) is 4.98 Å². The fourth-order valence-corrected chi connectivity index (χ4v) is 4.78. The van der Waals surface area contributed by atoms with Gasteiger partial charge in [-0.2, -0.15) is 5.48 Å². The highest BCUT2D eigenvalue weighted by atomic mass is 79.9. The largest absolute Gasteiger partial charge is 0.373 e. The first-order chi connectivity index (χ1) is 8.73. The van der Waals surface area contributed by atoms with Crippen molar-refractivity contribution in [1.82, 2.24) is 10.5 Å². The highest BCUT2D eigenvalue weighted by Crippen LogP contribution is 2.51. The lowest BCUT2D eigenvalue weighted by molar-refractivity contribution is -0.173. The van der Waals surface area contributed by atoms with Crippen molar-refractivity contribution in [2.75, 3.05) is 13.2 Å². The maximum atomic E-state index is 6.19. The number of hydrogen-bond acceptors (Lipinski definition) is 5. The summed E-state index contributed by atoms with van der Waals surface area (Å²) in [5.74, 6) is 0.476. The van der Waals surface area contributed by atoms with Gasteiger partial charge in [0.25, 0.3) is 0 Å². The summed E-state index contributed by atoms with van der Waals surface area (Å²) < 4.78 is 7.09. The van der Waals surface area contributed by atoms with E-state index in [1.54, 1.807) is 11.3 Å². The van der Waals surface area contributed by atoms with Crippen LogP contribution in [0.1, 0.15) is 30.7 Å². The molecule has 3 aliphatic rings. The fourth-order valence-electron chi connectivity index (χ4n) is 3.31. The molecule has 0 amide bonds. The van der Waals surface area contributed by atoms with Crippen molar-refractivity contribution in [3.05, 3.63) is 15.0 Å². The molecule has 2 atom stereocenters. The van der Waals surface area contributed by atoms with Crippen molar-refractivity contribution in [3.63, 3.8) is 0 Å². The van der Waals surface area contributed by atoms with Crippen LogP contribution in [0.25, 0.3) is 0 Å². The van der Waals surface area contributed by atoms with Gasteiger partial charge in [0.15, 0.2) is 0 Å². The Bertz CT molecular complexity index is 476. The monoisotopic (exact) mass is 330 g/mol. The molecule has 3 heterocycles. The van der Waals surface area contributed by atoms with Crippen molar-refractivity contribution in [3.8, 4) is 0 Å². The molecule has 4 rings (SSSR count). The maximum Gasteiger partial charge on any atom is 0.123 e. The fraction of sp³-hybridized carbons (Fsp3) is 0.750. The van der Waals surface area contributed by atoms with Crippen molar-refractivity contribution in [1.29, 1.82) is 0 Å². The second-order valence-corrected chi connectivity index (χ2v) is 7.26. The molecule has 1 aliphatic carbocycles. The summed E-state index contributed by atoms with van der Waals surface area (Å²) in [4.78, 5) is 10.1. The molecule has 6 heteroatoms. The van der Waals surface area contributed by atoms with Crippen LogP contribution in [-0.4, -0.2) is 23.8 Å². The Kier molecular flexibility index (Phi) is 2.61. The van der Waals surface area contributed by atoms with Crippen LogP contribution in [0.4, 0.5) is 0 Å². The number of thiazole rings is 1. The minimum absolute atomic E-state index is 0.151. The molecule has 0 bridgehead atoms. The SMILES string of the molecule is Brc1csc([C@]23COC4(CCC4)C[C@H]2CON3)n1. The summed E-state index contributed by atoms with van der Waals surface area (Å²) in [6.07, 6.45) is 4.82. The van der Waals surface area contributed by atoms with Gasteiger partial charge >= 0.3 is 0 Å². The van der Waals surface area contributed by atoms with E-state index in [1.807, 2.05) is 5.38 Å². The van der Waals surface area contributed by atoms with Crippen LogP contribution in [0, 0.1) is 5.92 Å². The minimum Gasteiger partial charge on any atom is -0.373 e. The number of fused-ring (bicyclic) bond motifs is 1. The van der Waals surface area contributed by atoms with E-state index in [0.717, 1.165) is 22.6 Å². The third kappa shape index (κ3) is 1.56. The molecule has 3 fully saturated rings. The van der Waals surface area contributed by atoms with Crippen LogP contribution < -0.4 is 5.48 Å². The number of rotatable bonds is 1. The van der Waals surface area contributed by atoms with Gasteiger partial charge < -0.3 is 9.57 Å². The molecule has 1 aromatic rings. The third-order valence-corrected chi connectivity index (χ3v) is 6.31. The average Bonchev–Trinajstić information content (AvgIpc) is 2.92. The Morgan fingerprint density at radius 3 is 3.06 bits per heavy atom. The quantitative estimate of drug-likeness (QED) is 0.859. The minimum atomic E-state index is -0.225. The summed E-state index contributed by atoms with van der Waals surface area (Å²) in [7, 11) is 0. The van der Waals surface area contributed by atoms with Gasteiger partial charge in [-0.3, -0.25) is 0 Å². The first-order valence-electron chi connectivity index (χ1n) is 6.37. The van der Waals surface area contributed by atoms with Gasteiger partial charge in [0.2, 0.25) is 0 Å². The normalized spacial score (nSPS) is 37.5. The van der Waals surface area contributed by atoms with E-state index in [9.17, 15) is 0 Å². The molecule has 2 saturated heterocycles. The third-order valence-electron chi connectivity index (χ3n) is 4.58. The van der Waals surface area contributed by atoms with Gasteiger partial charge in [0, 0.05) is 11.3 Å². The first-order valence-corrected chi connectivity index (χ1v) is 8.04. The predicted octanol–water partition coefficient (Wildman–Crippen LogP) is 2.59. The van der Waals surface area contributed by atoms with E-state index in [2.05, 4.69) is 26.4 Å². The Hall–Kier alpha value is -0.0100. The smallest absolute Gasteiger partial charge is 0.123 e. The van der Waals surface area contributed by atoms with Crippen LogP contribution in [0.3, 0.4) is 0 Å². The number of aromatic nitrogens is 1. The standard InChI is InChI=1S/C12H15BrN2O2S/c13-9-6-18-10(14-9)12-7-16-11(2-1-3-11)4-8(12)5-17-15-12/h6,8,15H,1-5,7H2/t8-,12-/m0/s1. The summed E-state index contributed by atoms with van der Waals surface area (Å²) in [5.41, 5.74) is 3.12. The first kappa shape index (κ1) is 11.8. The number of nitrogens with one attached hydrogen (secondary N) is 1. The molecular weight excluding hydrogens is 316 g/mol. The van der Waals surface area contributed by atoms with Crippen LogP contribution in [0.15, 0.2) is 9.98 Å². The van der Waals surface area contributed by atoms with Crippen LogP contribution in [0.2, 0.25) is 0 Å². The average molecular weight is 331 g/mol. The van der Waals surface area contributed by atoms with Crippen molar-refractivity contribution >= 4 is 27.3 Å². The molecule has 0 aromatic carbocycles. The molecule has 18 heavy (non-hydrogen) atoms. The van der Waals surface area contributed by atoms with Crippen molar-refractivity contribution in [2.24, 2.45) is 5.92 Å². The maximum absolute atomic E-state index is 6.19. The summed E-state index contributed by atoms with van der Waals surface area (Å²) in [6.45, 7) is 1.44. The number of ether oxygens (including phenoxy) is 1. The number of halogens is 1. The zero-order valence-electron chi connectivity index (χ0n) is 9.95. The lowest BCUT2D eigenvalue weighted by Crippen LogP contribution is -2.57. The summed E-state index contributed by atoms with van der Waals surface area (Å²) >= 11 is 5.10. The van der Waals surface area contributed by atoms with Crippen molar-refractivity contribution < 1.29 is 9.57 Å². The number of nitrogens with zero attached hydrogens (tertiary/aromatic N) is 1. The second-order valence-electron chi connectivity index (χ2n) is 5.59. The predicted molar refractivity (Wildman–Crippen MR) is 71.2 cm³/mol. The molecule has 0 unspecified atom stereocenters. The van der Waals surface area contributed by atoms with E-state index in [-0.39, 0.29) is 11.1 Å². The Balaban J connectivity index is 1.67. The van der Waals surface area contributed by atoms with E-state index in [0.29, 0.717) is 12.5 Å². The molecule has 0 radical (unpaired) electrons. The van der Waals surface area contributed by atoms with Gasteiger partial charge in [0.05, 0.1) is 18.8 Å². The van der Waals surface area contributed by atoms with Gasteiger partial charge in [-0.05, 0) is 41.6 Å². The molecule has 2 aliphatic heterocycles. The van der Waals surface area contributed by atoms with E-state index in [4.69, 9.17) is 9.57 Å². The molecular formula is C12H15BrN2O2S. The molecule has 98 valence electrons. The zero-order valence-corrected chi connectivity index (χ0v) is 12.3. The van der Waals surface area contributed by atoms with E-state index in [1.165, 1.54) is 19.3 Å². The van der Waals surface area contributed by atoms with Gasteiger partial charge in [-0.1, -0.05) is 0 Å². The zero-order chi connectivity index (χ0) is 12.2. The van der Waals surface area contributed by atoms with Gasteiger partial charge in [0.1, 0.15) is 15.1 Å². The Morgan fingerprint density at radius 1 is 1.50 bits per heavy atom. The highest BCUT2D eigenvalue weighted by Gasteiger charge is 2.57. The van der Waals surface area contributed by atoms with Crippen LogP contribution in [-0.2, 0) is 15.1 Å². The van der Waals surface area contributed by atoms with E-state index >= 15 is 0 Å². The number of hydrogen-bond donors (Lipinski definition) is 1. The molecule has 1 saturated carbocycles. The van der Waals surface area contributed by atoms with Gasteiger partial charge in [-0.15, -0.1) is 11.3 Å².